The third-order valence-corrected chi connectivity index (χ3v) is 5.06. The van der Waals surface area contributed by atoms with Crippen LogP contribution in [0, 0.1) is 6.92 Å². The van der Waals surface area contributed by atoms with Crippen molar-refractivity contribution >= 4 is 27.3 Å². The monoisotopic (exact) mass is 317 g/mol. The average Bonchev–Trinajstić information content (AvgIpc) is 2.91. The van der Waals surface area contributed by atoms with Crippen molar-refractivity contribution in [3.05, 3.63) is 59.9 Å². The minimum atomic E-state index is 0.430. The molecule has 2 aromatic heterocycles. The molecule has 0 N–H and O–H groups in total. The molecule has 0 fully saturated rings. The highest BCUT2D eigenvalue weighted by Crippen LogP contribution is 2.33. The number of hydrogen-bond acceptors (Lipinski definition) is 0. The van der Waals surface area contributed by atoms with Gasteiger partial charge in [0.25, 0.3) is 5.65 Å². The first-order valence-electron chi connectivity index (χ1n) is 8.87. The molecule has 24 heavy (non-hydrogen) atoms. The van der Waals surface area contributed by atoms with Crippen LogP contribution < -0.4 is 4.40 Å². The number of nitrogens with zero attached hydrogens (tertiary/aromatic N) is 2. The summed E-state index contributed by atoms with van der Waals surface area (Å²) in [6.07, 6.45) is 2.29. The van der Waals surface area contributed by atoms with Crippen molar-refractivity contribution in [2.75, 3.05) is 0 Å². The number of hydrogen-bond donors (Lipinski definition) is 0. The van der Waals surface area contributed by atoms with Crippen molar-refractivity contribution < 1.29 is 4.40 Å². The van der Waals surface area contributed by atoms with E-state index in [1.54, 1.807) is 0 Å². The summed E-state index contributed by atoms with van der Waals surface area (Å²) in [4.78, 5) is 0. The molecule has 0 spiro atoms. The van der Waals surface area contributed by atoms with E-state index in [2.05, 4.69) is 92.2 Å². The minimum Gasteiger partial charge on any atom is -0.225 e. The summed E-state index contributed by atoms with van der Waals surface area (Å²) in [7, 11) is 0. The molecule has 0 saturated carbocycles. The molecule has 0 radical (unpaired) electrons. The number of imidazole rings is 1. The zero-order valence-corrected chi connectivity index (χ0v) is 15.2. The second-order valence-electron chi connectivity index (χ2n) is 7.37. The zero-order chi connectivity index (χ0) is 17.0. The van der Waals surface area contributed by atoms with Crippen LogP contribution in [0.15, 0.2) is 48.7 Å². The highest BCUT2D eigenvalue weighted by atomic mass is 15.1. The molecule has 0 atom stereocenters. The van der Waals surface area contributed by atoms with E-state index < -0.39 is 0 Å². The highest BCUT2D eigenvalue weighted by Gasteiger charge is 2.25. The average molecular weight is 317 g/mol. The third kappa shape index (κ3) is 1.99. The van der Waals surface area contributed by atoms with Crippen LogP contribution in [0.4, 0.5) is 0 Å². The maximum Gasteiger partial charge on any atom is 0.295 e. The van der Waals surface area contributed by atoms with Crippen LogP contribution in [0.3, 0.4) is 0 Å². The lowest BCUT2D eigenvalue weighted by atomic mass is 9.94. The van der Waals surface area contributed by atoms with Gasteiger partial charge >= 0.3 is 0 Å². The first-order valence-corrected chi connectivity index (χ1v) is 8.87. The molecule has 0 bridgehead atoms. The lowest BCUT2D eigenvalue weighted by Crippen LogP contribution is -2.22. The van der Waals surface area contributed by atoms with Crippen molar-refractivity contribution in [1.82, 2.24) is 4.57 Å². The fourth-order valence-corrected chi connectivity index (χ4v) is 4.11. The minimum absolute atomic E-state index is 0.430. The Kier molecular flexibility index (Phi) is 3.38. The smallest absolute Gasteiger partial charge is 0.225 e. The molecular weight excluding hydrogens is 292 g/mol. The normalized spacial score (nSPS) is 12.3. The molecule has 0 unspecified atom stereocenters. The Balaban J connectivity index is 2.40. The first-order chi connectivity index (χ1) is 11.5. The van der Waals surface area contributed by atoms with E-state index in [4.69, 9.17) is 0 Å². The van der Waals surface area contributed by atoms with Crippen molar-refractivity contribution in [2.24, 2.45) is 0 Å². The Bertz CT molecular complexity index is 1070. The quantitative estimate of drug-likeness (QED) is 0.339. The standard InChI is InChI=1S/C22H25N2/c1-14(2)17-10-8-11-19-18-9-6-7-12-20(18)23-13-16(5)24(15(3)4)22(23)21(17)19/h6-15H,1-5H3/q+1. The lowest BCUT2D eigenvalue weighted by Gasteiger charge is -2.13. The first kappa shape index (κ1) is 15.2. The molecule has 4 rings (SSSR count). The number of aryl methyl sites for hydroxylation is 1. The van der Waals surface area contributed by atoms with Gasteiger partial charge in [0.1, 0.15) is 17.4 Å². The fraction of sp³-hybridized carbons (Fsp3) is 0.318. The van der Waals surface area contributed by atoms with E-state index in [9.17, 15) is 0 Å². The van der Waals surface area contributed by atoms with Crippen molar-refractivity contribution in [1.29, 1.82) is 0 Å². The zero-order valence-electron chi connectivity index (χ0n) is 15.2. The SMILES string of the molecule is Cc1c[n+]2c3ccccc3c3cccc(C(C)C)c3c2n1C(C)C. The molecule has 0 amide bonds. The lowest BCUT2D eigenvalue weighted by molar-refractivity contribution is -0.479. The van der Waals surface area contributed by atoms with Crippen LogP contribution in [0.1, 0.15) is 50.9 Å². The van der Waals surface area contributed by atoms with Crippen LogP contribution in [0.2, 0.25) is 0 Å². The Hall–Kier alpha value is -2.35. The van der Waals surface area contributed by atoms with Crippen LogP contribution in [0.25, 0.3) is 27.3 Å². The molecule has 2 aromatic carbocycles. The molecule has 4 aromatic rings. The van der Waals surface area contributed by atoms with Gasteiger partial charge in [-0.25, -0.2) is 4.57 Å². The number of aromatic nitrogens is 2. The summed E-state index contributed by atoms with van der Waals surface area (Å²) in [5.41, 5.74) is 5.33. The van der Waals surface area contributed by atoms with E-state index in [1.807, 2.05) is 0 Å². The summed E-state index contributed by atoms with van der Waals surface area (Å²) in [5.74, 6) is 0.495. The molecule has 0 aliphatic carbocycles. The second-order valence-corrected chi connectivity index (χ2v) is 7.37. The summed E-state index contributed by atoms with van der Waals surface area (Å²) < 4.78 is 4.86. The molecule has 0 saturated heterocycles. The molecule has 0 aliphatic heterocycles. The second kappa shape index (κ2) is 5.34. The Morgan fingerprint density at radius 2 is 1.58 bits per heavy atom. The van der Waals surface area contributed by atoms with Crippen LogP contribution >= 0.6 is 0 Å². The highest BCUT2D eigenvalue weighted by molar-refractivity contribution is 6.10. The van der Waals surface area contributed by atoms with Gasteiger partial charge in [0.15, 0.2) is 0 Å². The van der Waals surface area contributed by atoms with E-state index in [0.717, 1.165) is 0 Å². The summed E-state index contributed by atoms with van der Waals surface area (Å²) >= 11 is 0. The number of pyridine rings is 1. The van der Waals surface area contributed by atoms with Gasteiger partial charge in [-0.1, -0.05) is 50.2 Å². The van der Waals surface area contributed by atoms with E-state index in [-0.39, 0.29) is 0 Å². The third-order valence-electron chi connectivity index (χ3n) is 5.06. The van der Waals surface area contributed by atoms with E-state index >= 15 is 0 Å². The molecule has 2 heterocycles. The number of fused-ring (bicyclic) bond motifs is 6. The van der Waals surface area contributed by atoms with Crippen LogP contribution in [-0.4, -0.2) is 4.57 Å². The Morgan fingerprint density at radius 3 is 2.29 bits per heavy atom. The van der Waals surface area contributed by atoms with Crippen molar-refractivity contribution in [3.63, 3.8) is 0 Å². The molecular formula is C22H25N2+. The van der Waals surface area contributed by atoms with Gasteiger partial charge in [-0.15, -0.1) is 0 Å². The summed E-state index contributed by atoms with van der Waals surface area (Å²) in [6.45, 7) is 11.3. The predicted molar refractivity (Wildman–Crippen MR) is 102 cm³/mol. The fourth-order valence-electron chi connectivity index (χ4n) is 4.11. The van der Waals surface area contributed by atoms with Crippen LogP contribution in [0.5, 0.6) is 0 Å². The summed E-state index contributed by atoms with van der Waals surface area (Å²) in [5, 5.41) is 4.08. The molecule has 122 valence electrons. The van der Waals surface area contributed by atoms with Crippen molar-refractivity contribution in [2.45, 2.75) is 46.6 Å². The van der Waals surface area contributed by atoms with E-state index in [0.29, 0.717) is 12.0 Å². The van der Waals surface area contributed by atoms with Gasteiger partial charge in [0.2, 0.25) is 0 Å². The van der Waals surface area contributed by atoms with Gasteiger partial charge < -0.3 is 0 Å². The van der Waals surface area contributed by atoms with Crippen LogP contribution in [-0.2, 0) is 0 Å². The Morgan fingerprint density at radius 1 is 0.875 bits per heavy atom. The van der Waals surface area contributed by atoms with Crippen molar-refractivity contribution in [3.8, 4) is 0 Å². The topological polar surface area (TPSA) is 9.03 Å². The largest absolute Gasteiger partial charge is 0.295 e. The molecule has 0 aliphatic rings. The number of para-hydroxylation sites is 1. The maximum absolute atomic E-state index is 2.47. The maximum atomic E-state index is 2.47. The predicted octanol–water partition coefficient (Wildman–Crippen LogP) is 5.55. The van der Waals surface area contributed by atoms with Gasteiger partial charge in [0, 0.05) is 17.7 Å². The van der Waals surface area contributed by atoms with Gasteiger partial charge in [-0.2, -0.15) is 4.40 Å². The number of benzene rings is 2. The summed E-state index contributed by atoms with van der Waals surface area (Å²) in [6, 6.07) is 15.9. The van der Waals surface area contributed by atoms with Gasteiger partial charge in [0.05, 0.1) is 11.4 Å². The van der Waals surface area contributed by atoms with E-state index in [1.165, 1.54) is 38.6 Å². The number of rotatable bonds is 2. The molecule has 2 nitrogen and oxygen atoms in total. The molecule has 2 heteroatoms. The Labute approximate surface area is 143 Å². The van der Waals surface area contributed by atoms with Gasteiger partial charge in [-0.05, 0) is 31.4 Å². The van der Waals surface area contributed by atoms with Gasteiger partial charge in [-0.3, -0.25) is 0 Å².